The van der Waals surface area contributed by atoms with E-state index < -0.39 is 17.7 Å². The number of hydrogen-bond donors (Lipinski definition) is 0. The molecule has 0 aliphatic carbocycles. The second-order valence-corrected chi connectivity index (χ2v) is 15.3. The molecule has 4 heteroatoms. The van der Waals surface area contributed by atoms with Crippen LogP contribution in [0.5, 0.6) is 0 Å². The lowest BCUT2D eigenvalue weighted by Gasteiger charge is -2.32. The zero-order chi connectivity index (χ0) is 41.2. The van der Waals surface area contributed by atoms with E-state index in [-0.39, 0.29) is 5.56 Å². The molecule has 2 unspecified atom stereocenters. The first-order chi connectivity index (χ1) is 29.1. The molecule has 0 aliphatic rings. The predicted octanol–water partition coefficient (Wildman–Crippen LogP) is 13.1. The quantitative estimate of drug-likeness (QED) is 0.153. The number of furan rings is 1. The second-order valence-electron chi connectivity index (χ2n) is 15.3. The maximum atomic E-state index is 8.93. The third-order valence-electron chi connectivity index (χ3n) is 12.1. The molecule has 4 aromatic heterocycles. The lowest BCUT2D eigenvalue weighted by Crippen LogP contribution is -2.29. The van der Waals surface area contributed by atoms with Gasteiger partial charge in [0.25, 0.3) is 0 Å². The van der Waals surface area contributed by atoms with E-state index in [9.17, 15) is 0 Å². The van der Waals surface area contributed by atoms with Crippen molar-refractivity contribution in [3.63, 3.8) is 0 Å². The SMILES string of the molecule is [2H]C([2H])([2H])c1c(C)cc(-c2cc(C(C)(c3ccccc3)c3ccccn3)cc3c2oc2c3ccc3c4ccccc4ccc32)nc1C(C)(c1ccccc1)c1ccccn1. The largest absolute Gasteiger partial charge is 0.455 e. The fourth-order valence-electron chi connectivity index (χ4n) is 8.80. The van der Waals surface area contributed by atoms with Crippen LogP contribution in [0.3, 0.4) is 0 Å². The van der Waals surface area contributed by atoms with Gasteiger partial charge in [0.15, 0.2) is 0 Å². The van der Waals surface area contributed by atoms with Gasteiger partial charge in [-0.2, -0.15) is 0 Å². The number of aryl methyl sites for hydroxylation is 1. The van der Waals surface area contributed by atoms with Gasteiger partial charge >= 0.3 is 0 Å². The molecular weight excluding hydrogens is 695 g/mol. The summed E-state index contributed by atoms with van der Waals surface area (Å²) < 4.78 is 33.9. The Labute approximate surface area is 336 Å². The fourth-order valence-corrected chi connectivity index (χ4v) is 8.80. The minimum absolute atomic E-state index is 0.209. The van der Waals surface area contributed by atoms with Gasteiger partial charge in [0.1, 0.15) is 11.2 Å². The Kier molecular flexibility index (Phi) is 7.35. The topological polar surface area (TPSA) is 51.8 Å². The van der Waals surface area contributed by atoms with E-state index in [1.807, 2.05) is 92.8 Å². The van der Waals surface area contributed by atoms with Crippen LogP contribution in [0.15, 0.2) is 181 Å². The molecule has 6 aromatic carbocycles. The van der Waals surface area contributed by atoms with Crippen LogP contribution < -0.4 is 0 Å². The Morgan fingerprint density at radius 3 is 1.79 bits per heavy atom. The number of pyridine rings is 3. The second kappa shape index (κ2) is 13.4. The third kappa shape index (κ3) is 5.39. The maximum absolute atomic E-state index is 8.93. The fraction of sp³-hybridized carbons (Fsp3) is 0.113. The van der Waals surface area contributed by atoms with Crippen LogP contribution in [0, 0.1) is 13.8 Å². The molecule has 10 aromatic rings. The summed E-state index contributed by atoms with van der Waals surface area (Å²) in [6.45, 7) is 3.65. The average Bonchev–Trinajstić information content (AvgIpc) is 3.67. The van der Waals surface area contributed by atoms with Crippen molar-refractivity contribution in [3.05, 3.63) is 221 Å². The van der Waals surface area contributed by atoms with Gasteiger partial charge in [-0.15, -0.1) is 0 Å². The summed E-state index contributed by atoms with van der Waals surface area (Å²) in [5.74, 6) is 0. The molecular formula is C53H41N3O. The van der Waals surface area contributed by atoms with Crippen molar-refractivity contribution in [3.8, 4) is 11.3 Å². The van der Waals surface area contributed by atoms with E-state index in [0.29, 0.717) is 28.2 Å². The van der Waals surface area contributed by atoms with Crippen LogP contribution in [0.1, 0.15) is 62.9 Å². The van der Waals surface area contributed by atoms with Crippen molar-refractivity contribution >= 4 is 43.5 Å². The molecule has 0 amide bonds. The Morgan fingerprint density at radius 1 is 0.509 bits per heavy atom. The van der Waals surface area contributed by atoms with E-state index in [2.05, 4.69) is 97.9 Å². The summed E-state index contributed by atoms with van der Waals surface area (Å²) in [6.07, 6.45) is 3.59. The minimum atomic E-state index is -2.47. The monoisotopic (exact) mass is 738 g/mol. The lowest BCUT2D eigenvalue weighted by atomic mass is 9.72. The first-order valence-electron chi connectivity index (χ1n) is 20.8. The van der Waals surface area contributed by atoms with Crippen molar-refractivity contribution in [2.75, 3.05) is 0 Å². The highest BCUT2D eigenvalue weighted by Gasteiger charge is 2.38. The molecule has 0 aliphatic heterocycles. The van der Waals surface area contributed by atoms with Gasteiger partial charge in [-0.25, -0.2) is 0 Å². The zero-order valence-corrected chi connectivity index (χ0v) is 32.0. The highest BCUT2D eigenvalue weighted by molar-refractivity contribution is 6.21. The van der Waals surface area contributed by atoms with Crippen molar-refractivity contribution in [1.29, 1.82) is 0 Å². The molecule has 4 nitrogen and oxygen atoms in total. The van der Waals surface area contributed by atoms with Crippen molar-refractivity contribution in [2.45, 2.75) is 38.5 Å². The summed E-state index contributed by atoms with van der Waals surface area (Å²) in [7, 11) is 0. The molecule has 0 saturated heterocycles. The van der Waals surface area contributed by atoms with Crippen LogP contribution in [-0.4, -0.2) is 15.0 Å². The number of hydrogen-bond acceptors (Lipinski definition) is 4. The smallest absolute Gasteiger partial charge is 0.144 e. The molecule has 4 heterocycles. The highest BCUT2D eigenvalue weighted by atomic mass is 16.3. The van der Waals surface area contributed by atoms with Crippen molar-refractivity contribution in [1.82, 2.24) is 15.0 Å². The van der Waals surface area contributed by atoms with Crippen molar-refractivity contribution in [2.24, 2.45) is 0 Å². The molecule has 2 atom stereocenters. The maximum Gasteiger partial charge on any atom is 0.144 e. The number of rotatable bonds is 7. The Morgan fingerprint density at radius 2 is 1.11 bits per heavy atom. The predicted molar refractivity (Wildman–Crippen MR) is 234 cm³/mol. The average molecular weight is 739 g/mol. The molecule has 0 radical (unpaired) electrons. The number of fused-ring (bicyclic) bond motifs is 7. The standard InChI is InChI=1S/C53H41N3O/c1-34-31-46(56-51(35(34)2)53(4,38-20-9-6-10-21-38)48-24-14-16-30-55-48)45-33-39(52(3,37-18-7-5-8-19-37)47-23-13-15-29-54-47)32-44-43-28-27-41-40-22-12-11-17-36(40)25-26-42(41)49(43)57-50(44)45/h5-33H,1-4H3/i2D3. The van der Waals surface area contributed by atoms with Crippen LogP contribution in [0.4, 0.5) is 0 Å². The first-order valence-corrected chi connectivity index (χ1v) is 19.3. The number of aromatic nitrogens is 3. The lowest BCUT2D eigenvalue weighted by molar-refractivity contribution is 0.635. The highest BCUT2D eigenvalue weighted by Crippen LogP contribution is 2.47. The van der Waals surface area contributed by atoms with E-state index in [1.165, 1.54) is 0 Å². The summed E-state index contributed by atoms with van der Waals surface area (Å²) in [6, 6.07) is 55.6. The molecule has 0 N–H and O–H groups in total. The van der Waals surface area contributed by atoms with Crippen LogP contribution in [0.25, 0.3) is 54.7 Å². The van der Waals surface area contributed by atoms with Crippen LogP contribution >= 0.6 is 0 Å². The Hall–Kier alpha value is -6.91. The summed E-state index contributed by atoms with van der Waals surface area (Å²) in [4.78, 5) is 15.3. The van der Waals surface area contributed by atoms with E-state index in [4.69, 9.17) is 23.5 Å². The normalized spacial score (nSPS) is 14.9. The summed E-state index contributed by atoms with van der Waals surface area (Å²) >= 11 is 0. The molecule has 10 rings (SSSR count). The minimum Gasteiger partial charge on any atom is -0.455 e. The zero-order valence-electron chi connectivity index (χ0n) is 35.0. The Balaban J connectivity index is 1.35. The van der Waals surface area contributed by atoms with Gasteiger partial charge in [0, 0.05) is 38.2 Å². The van der Waals surface area contributed by atoms with E-state index >= 15 is 0 Å². The van der Waals surface area contributed by atoms with Crippen LogP contribution in [0.2, 0.25) is 0 Å². The van der Waals surface area contributed by atoms with Crippen LogP contribution in [-0.2, 0) is 10.8 Å². The molecule has 274 valence electrons. The molecule has 0 saturated carbocycles. The molecule has 57 heavy (non-hydrogen) atoms. The van der Waals surface area contributed by atoms with Gasteiger partial charge < -0.3 is 4.42 Å². The number of benzene rings is 6. The van der Waals surface area contributed by atoms with E-state index in [0.717, 1.165) is 65.8 Å². The van der Waals surface area contributed by atoms with Gasteiger partial charge in [0.05, 0.1) is 33.6 Å². The van der Waals surface area contributed by atoms with Gasteiger partial charge in [-0.3, -0.25) is 15.0 Å². The van der Waals surface area contributed by atoms with Gasteiger partial charge in [0.2, 0.25) is 0 Å². The van der Waals surface area contributed by atoms with Gasteiger partial charge in [-0.1, -0.05) is 109 Å². The first kappa shape index (κ1) is 31.3. The van der Waals surface area contributed by atoms with E-state index in [1.54, 1.807) is 6.20 Å². The Bertz CT molecular complexity index is 3140. The van der Waals surface area contributed by atoms with Gasteiger partial charge in [-0.05, 0) is 126 Å². The summed E-state index contributed by atoms with van der Waals surface area (Å²) in [5, 5.41) is 6.35. The number of nitrogens with zero attached hydrogens (tertiary/aromatic N) is 3. The third-order valence-corrected chi connectivity index (χ3v) is 12.1. The molecule has 0 bridgehead atoms. The molecule has 0 spiro atoms. The summed E-state index contributed by atoms with van der Waals surface area (Å²) in [5.41, 5.74) is 6.84. The molecule has 0 fully saturated rings. The van der Waals surface area contributed by atoms with Crippen molar-refractivity contribution < 1.29 is 8.53 Å².